The number of benzene rings is 1. The van der Waals surface area contributed by atoms with Gasteiger partial charge in [-0.05, 0) is 32.0 Å². The summed E-state index contributed by atoms with van der Waals surface area (Å²) in [7, 11) is 0. The zero-order chi connectivity index (χ0) is 13.2. The largest absolute Gasteiger partial charge is 0.493 e. The third-order valence-electron chi connectivity index (χ3n) is 3.08. The summed E-state index contributed by atoms with van der Waals surface area (Å²) in [5, 5.41) is 5.04. The topological polar surface area (TPSA) is 40.2 Å². The first-order valence-electron chi connectivity index (χ1n) is 6.41. The Morgan fingerprint density at radius 1 is 1.32 bits per heavy atom. The fraction of sp³-hybridized carbons (Fsp3) is 0.267. The molecule has 0 N–H and O–H groups in total. The predicted octanol–water partition coefficient (Wildman–Crippen LogP) is 3.38. The Balaban J connectivity index is 1.98. The molecule has 0 atom stereocenters. The Morgan fingerprint density at radius 2 is 2.21 bits per heavy atom. The number of hydrogen-bond donors (Lipinski definition) is 0. The van der Waals surface area contributed by atoms with Crippen molar-refractivity contribution in [2.45, 2.75) is 20.4 Å². The van der Waals surface area contributed by atoms with Gasteiger partial charge in [-0.25, -0.2) is 0 Å². The summed E-state index contributed by atoms with van der Waals surface area (Å²) in [6, 6.07) is 10.1. The van der Waals surface area contributed by atoms with Crippen molar-refractivity contribution in [3.05, 3.63) is 48.0 Å². The molecule has 0 fully saturated rings. The van der Waals surface area contributed by atoms with E-state index in [1.807, 2.05) is 38.2 Å². The quantitative estimate of drug-likeness (QED) is 0.718. The van der Waals surface area contributed by atoms with Gasteiger partial charge >= 0.3 is 0 Å². The minimum Gasteiger partial charge on any atom is -0.493 e. The van der Waals surface area contributed by atoms with Crippen LogP contribution in [0.25, 0.3) is 10.9 Å². The molecule has 0 aliphatic heterocycles. The smallest absolute Gasteiger partial charge is 0.156 e. The third-order valence-corrected chi connectivity index (χ3v) is 3.08. The molecule has 0 unspecified atom stereocenters. The number of fused-ring (bicyclic) bond motifs is 1. The van der Waals surface area contributed by atoms with Gasteiger partial charge in [-0.15, -0.1) is 0 Å². The average molecular weight is 256 g/mol. The molecule has 0 amide bonds. The molecule has 3 aromatic rings. The van der Waals surface area contributed by atoms with Crippen LogP contribution in [-0.2, 0) is 6.54 Å². The second-order valence-corrected chi connectivity index (χ2v) is 4.50. The first kappa shape index (κ1) is 11.8. The van der Waals surface area contributed by atoms with E-state index in [4.69, 9.17) is 9.26 Å². The Kier molecular flexibility index (Phi) is 2.99. The van der Waals surface area contributed by atoms with E-state index in [9.17, 15) is 0 Å². The predicted molar refractivity (Wildman–Crippen MR) is 73.4 cm³/mol. The molecule has 0 bridgehead atoms. The van der Waals surface area contributed by atoms with Crippen molar-refractivity contribution in [2.24, 2.45) is 0 Å². The van der Waals surface area contributed by atoms with Gasteiger partial charge in [0.15, 0.2) is 5.76 Å². The number of ether oxygens (including phenoxy) is 1. The van der Waals surface area contributed by atoms with E-state index < -0.39 is 0 Å². The molecular weight excluding hydrogens is 240 g/mol. The van der Waals surface area contributed by atoms with Crippen LogP contribution in [-0.4, -0.2) is 16.3 Å². The van der Waals surface area contributed by atoms with Crippen molar-refractivity contribution in [1.29, 1.82) is 0 Å². The van der Waals surface area contributed by atoms with Gasteiger partial charge in [0.25, 0.3) is 0 Å². The van der Waals surface area contributed by atoms with E-state index in [-0.39, 0.29) is 0 Å². The maximum absolute atomic E-state index is 5.64. The Labute approximate surface area is 111 Å². The highest BCUT2D eigenvalue weighted by Gasteiger charge is 2.08. The second-order valence-electron chi connectivity index (χ2n) is 4.50. The minimum atomic E-state index is 0.672. The summed E-state index contributed by atoms with van der Waals surface area (Å²) in [4.78, 5) is 0. The number of hydrogen-bond acceptors (Lipinski definition) is 3. The van der Waals surface area contributed by atoms with Crippen molar-refractivity contribution >= 4 is 10.9 Å². The first-order valence-corrected chi connectivity index (χ1v) is 6.41. The third kappa shape index (κ3) is 2.21. The molecule has 4 nitrogen and oxygen atoms in total. The standard InChI is InChI=1S/C15H16N2O2/c1-3-18-15-6-4-5-14-13(15)7-8-17(14)10-12-9-11(2)16-19-12/h4-9H,3,10H2,1-2H3. The lowest BCUT2D eigenvalue weighted by Gasteiger charge is -2.06. The molecule has 0 spiro atoms. The highest BCUT2D eigenvalue weighted by molar-refractivity contribution is 5.86. The number of aryl methyl sites for hydroxylation is 1. The maximum Gasteiger partial charge on any atom is 0.156 e. The summed E-state index contributed by atoms with van der Waals surface area (Å²) in [5.74, 6) is 1.78. The summed E-state index contributed by atoms with van der Waals surface area (Å²) in [6.07, 6.45) is 2.05. The van der Waals surface area contributed by atoms with Crippen molar-refractivity contribution in [1.82, 2.24) is 9.72 Å². The van der Waals surface area contributed by atoms with Crippen LogP contribution in [0.1, 0.15) is 18.4 Å². The first-order chi connectivity index (χ1) is 9.28. The molecular formula is C15H16N2O2. The van der Waals surface area contributed by atoms with Crippen LogP contribution in [0.2, 0.25) is 0 Å². The van der Waals surface area contributed by atoms with Crippen molar-refractivity contribution in [2.75, 3.05) is 6.61 Å². The van der Waals surface area contributed by atoms with E-state index in [1.165, 1.54) is 0 Å². The van der Waals surface area contributed by atoms with Gasteiger partial charge in [0.1, 0.15) is 5.75 Å². The molecule has 0 saturated heterocycles. The molecule has 2 aromatic heterocycles. The number of nitrogens with zero attached hydrogens (tertiary/aromatic N) is 2. The van der Waals surface area contributed by atoms with Crippen LogP contribution >= 0.6 is 0 Å². The van der Waals surface area contributed by atoms with E-state index in [0.29, 0.717) is 13.2 Å². The highest BCUT2D eigenvalue weighted by atomic mass is 16.5. The summed E-state index contributed by atoms with van der Waals surface area (Å²) in [6.45, 7) is 5.27. The lowest BCUT2D eigenvalue weighted by molar-refractivity contribution is 0.344. The van der Waals surface area contributed by atoms with Gasteiger partial charge in [-0.3, -0.25) is 0 Å². The lowest BCUT2D eigenvalue weighted by atomic mass is 10.2. The monoisotopic (exact) mass is 256 g/mol. The number of rotatable bonds is 4. The van der Waals surface area contributed by atoms with Gasteiger partial charge in [-0.2, -0.15) is 0 Å². The Hall–Kier alpha value is -2.23. The van der Waals surface area contributed by atoms with E-state index in [1.54, 1.807) is 0 Å². The molecule has 1 aromatic carbocycles. The molecule has 0 aliphatic rings. The van der Waals surface area contributed by atoms with Crippen LogP contribution in [0.4, 0.5) is 0 Å². The second kappa shape index (κ2) is 4.80. The van der Waals surface area contributed by atoms with Crippen LogP contribution in [0.15, 0.2) is 41.1 Å². The van der Waals surface area contributed by atoms with Gasteiger partial charge in [-0.1, -0.05) is 11.2 Å². The Morgan fingerprint density at radius 3 is 2.95 bits per heavy atom. The average Bonchev–Trinajstić information content (AvgIpc) is 2.99. The summed E-state index contributed by atoms with van der Waals surface area (Å²) < 4.78 is 13.0. The fourth-order valence-corrected chi connectivity index (χ4v) is 2.27. The van der Waals surface area contributed by atoms with Gasteiger partial charge in [0.05, 0.1) is 24.4 Å². The maximum atomic E-state index is 5.64. The summed E-state index contributed by atoms with van der Waals surface area (Å²) >= 11 is 0. The molecule has 19 heavy (non-hydrogen) atoms. The fourth-order valence-electron chi connectivity index (χ4n) is 2.27. The SMILES string of the molecule is CCOc1cccc2c1ccn2Cc1cc(C)no1. The zero-order valence-electron chi connectivity index (χ0n) is 11.1. The van der Waals surface area contributed by atoms with Crippen LogP contribution < -0.4 is 4.74 Å². The number of aromatic nitrogens is 2. The van der Waals surface area contributed by atoms with Crippen molar-refractivity contribution in [3.8, 4) is 5.75 Å². The molecule has 0 radical (unpaired) electrons. The van der Waals surface area contributed by atoms with Gasteiger partial charge in [0, 0.05) is 17.6 Å². The van der Waals surface area contributed by atoms with Crippen LogP contribution in [0.5, 0.6) is 5.75 Å². The highest BCUT2D eigenvalue weighted by Crippen LogP contribution is 2.27. The van der Waals surface area contributed by atoms with Crippen LogP contribution in [0.3, 0.4) is 0 Å². The normalized spacial score (nSPS) is 11.1. The van der Waals surface area contributed by atoms with Crippen LogP contribution in [0, 0.1) is 6.92 Å². The lowest BCUT2D eigenvalue weighted by Crippen LogP contribution is -1.97. The van der Waals surface area contributed by atoms with Crippen molar-refractivity contribution < 1.29 is 9.26 Å². The minimum absolute atomic E-state index is 0.672. The molecule has 0 saturated carbocycles. The van der Waals surface area contributed by atoms with E-state index in [2.05, 4.69) is 21.9 Å². The summed E-state index contributed by atoms with van der Waals surface area (Å²) in [5.41, 5.74) is 2.04. The van der Waals surface area contributed by atoms with E-state index >= 15 is 0 Å². The van der Waals surface area contributed by atoms with Gasteiger partial charge in [0.2, 0.25) is 0 Å². The zero-order valence-corrected chi connectivity index (χ0v) is 11.1. The van der Waals surface area contributed by atoms with Gasteiger partial charge < -0.3 is 13.8 Å². The Bertz CT molecular complexity index is 697. The molecule has 4 heteroatoms. The molecule has 2 heterocycles. The molecule has 3 rings (SSSR count). The van der Waals surface area contributed by atoms with E-state index in [0.717, 1.165) is 28.1 Å². The van der Waals surface area contributed by atoms with Crippen molar-refractivity contribution in [3.63, 3.8) is 0 Å². The molecule has 0 aliphatic carbocycles. The molecule has 98 valence electrons.